The highest BCUT2D eigenvalue weighted by Gasteiger charge is 2.25. The van der Waals surface area contributed by atoms with Gasteiger partial charge >= 0.3 is 0 Å². The van der Waals surface area contributed by atoms with Gasteiger partial charge in [-0.1, -0.05) is 24.4 Å². The van der Waals surface area contributed by atoms with Crippen molar-refractivity contribution in [3.63, 3.8) is 0 Å². The molecule has 1 aliphatic carbocycles. The zero-order chi connectivity index (χ0) is 26.2. The second-order valence-electron chi connectivity index (χ2n) is 8.50. The first kappa shape index (κ1) is 26.3. The van der Waals surface area contributed by atoms with Crippen LogP contribution < -0.4 is 10.5 Å². The predicted molar refractivity (Wildman–Crippen MR) is 135 cm³/mol. The van der Waals surface area contributed by atoms with Gasteiger partial charge in [-0.15, -0.1) is 0 Å². The van der Waals surface area contributed by atoms with Crippen LogP contribution in [0.5, 0.6) is 0 Å². The van der Waals surface area contributed by atoms with Crippen molar-refractivity contribution in [3.8, 4) is 12.1 Å². The molecule has 0 saturated heterocycles. The average molecular weight is 490 g/mol. The third-order valence-electron chi connectivity index (χ3n) is 6.31. The van der Waals surface area contributed by atoms with Crippen molar-refractivity contribution in [2.45, 2.75) is 45.1 Å². The molecule has 0 radical (unpaired) electrons. The minimum Gasteiger partial charge on any atom is -0.399 e. The van der Waals surface area contributed by atoms with Crippen LogP contribution in [-0.2, 0) is 11.9 Å². The molecule has 36 heavy (non-hydrogen) atoms. The van der Waals surface area contributed by atoms with E-state index in [0.29, 0.717) is 22.4 Å². The maximum Gasteiger partial charge on any atom is 0.270 e. The van der Waals surface area contributed by atoms with E-state index in [1.54, 1.807) is 32.2 Å². The van der Waals surface area contributed by atoms with E-state index in [0.717, 1.165) is 31.2 Å². The van der Waals surface area contributed by atoms with Gasteiger partial charge in [0.2, 0.25) is 5.95 Å². The van der Waals surface area contributed by atoms with Crippen LogP contribution in [0.3, 0.4) is 0 Å². The quantitative estimate of drug-likeness (QED) is 0.309. The van der Waals surface area contributed by atoms with Crippen LogP contribution in [0.15, 0.2) is 34.2 Å². The fraction of sp³-hybridized carbons (Fsp3) is 0.385. The average Bonchev–Trinajstić information content (AvgIpc) is 2.90. The van der Waals surface area contributed by atoms with Gasteiger partial charge in [0.1, 0.15) is 36.0 Å². The zero-order valence-corrected chi connectivity index (χ0v) is 20.8. The summed E-state index contributed by atoms with van der Waals surface area (Å²) in [5, 5.41) is 22.3. The molecule has 0 unspecified atom stereocenters. The lowest BCUT2D eigenvalue weighted by molar-refractivity contribution is 0.215. The van der Waals surface area contributed by atoms with Crippen LogP contribution in [0.25, 0.3) is 11.0 Å². The van der Waals surface area contributed by atoms with E-state index in [9.17, 15) is 14.4 Å². The third-order valence-corrected chi connectivity index (χ3v) is 6.31. The number of anilines is 1. The first-order valence-electron chi connectivity index (χ1n) is 11.6. The largest absolute Gasteiger partial charge is 0.399 e. The molecule has 0 N–H and O–H groups in total. The van der Waals surface area contributed by atoms with E-state index in [1.165, 1.54) is 30.4 Å². The summed E-state index contributed by atoms with van der Waals surface area (Å²) in [7, 11) is 5.00. The summed E-state index contributed by atoms with van der Waals surface area (Å²) in [4.78, 5) is 27.1. The standard InChI is InChI=1S/C18H19N5O.C8H9FN2O/c1-22(13-6-4-3-5-7-13)17-14(11-20)18(24)23(2)15-9-8-12(10-19)21-16(15)17;1-6-7(5-10-12-2)3-4-8(9)11-6/h8-9,13H,3-7H2,1-2H3;3-5H,1-2H3/b;10-5-. The lowest BCUT2D eigenvalue weighted by Gasteiger charge is -2.33. The van der Waals surface area contributed by atoms with E-state index in [1.807, 2.05) is 18.0 Å². The first-order chi connectivity index (χ1) is 17.3. The highest BCUT2D eigenvalue weighted by atomic mass is 19.1. The van der Waals surface area contributed by atoms with Crippen molar-refractivity contribution < 1.29 is 9.23 Å². The van der Waals surface area contributed by atoms with Crippen molar-refractivity contribution in [1.29, 1.82) is 10.5 Å². The van der Waals surface area contributed by atoms with E-state index in [2.05, 4.69) is 26.0 Å². The van der Waals surface area contributed by atoms with Crippen molar-refractivity contribution in [1.82, 2.24) is 14.5 Å². The summed E-state index contributed by atoms with van der Waals surface area (Å²) in [5.74, 6) is -0.484. The molecule has 3 aromatic rings. The molecule has 0 aliphatic heterocycles. The van der Waals surface area contributed by atoms with Crippen molar-refractivity contribution >= 4 is 22.9 Å². The Kier molecular flexibility index (Phi) is 8.69. The van der Waals surface area contributed by atoms with Gasteiger partial charge in [0, 0.05) is 31.4 Å². The lowest BCUT2D eigenvalue weighted by atomic mass is 9.93. The Morgan fingerprint density at radius 3 is 2.50 bits per heavy atom. The predicted octanol–water partition coefficient (Wildman–Crippen LogP) is 3.96. The summed E-state index contributed by atoms with van der Waals surface area (Å²) in [6.45, 7) is 1.71. The molecule has 9 nitrogen and oxygen atoms in total. The van der Waals surface area contributed by atoms with Crippen molar-refractivity contribution in [3.05, 3.63) is 63.1 Å². The Bertz CT molecular complexity index is 1410. The summed E-state index contributed by atoms with van der Waals surface area (Å²) in [5.41, 5.74) is 3.13. The van der Waals surface area contributed by atoms with Crippen LogP contribution >= 0.6 is 0 Å². The van der Waals surface area contributed by atoms with Crippen LogP contribution in [0.1, 0.15) is 54.6 Å². The number of aromatic nitrogens is 3. The summed E-state index contributed by atoms with van der Waals surface area (Å²) >= 11 is 0. The molecule has 0 amide bonds. The Hall–Kier alpha value is -4.31. The molecule has 0 aromatic carbocycles. The zero-order valence-electron chi connectivity index (χ0n) is 20.8. The molecule has 3 heterocycles. The number of nitriles is 2. The van der Waals surface area contributed by atoms with Gasteiger partial charge in [-0.25, -0.2) is 9.97 Å². The Morgan fingerprint density at radius 1 is 1.17 bits per heavy atom. The molecular weight excluding hydrogens is 461 g/mol. The van der Waals surface area contributed by atoms with Crippen LogP contribution in [0, 0.1) is 35.5 Å². The van der Waals surface area contributed by atoms with Crippen LogP contribution in [0.2, 0.25) is 0 Å². The van der Waals surface area contributed by atoms with Gasteiger partial charge in [-0.2, -0.15) is 14.9 Å². The molecule has 10 heteroatoms. The number of rotatable bonds is 4. The molecular formula is C26H28FN7O2. The Labute approximate surface area is 209 Å². The van der Waals surface area contributed by atoms with Crippen LogP contribution in [-0.4, -0.2) is 40.9 Å². The summed E-state index contributed by atoms with van der Waals surface area (Å²) in [6.07, 6.45) is 7.09. The van der Waals surface area contributed by atoms with E-state index in [-0.39, 0.29) is 22.9 Å². The van der Waals surface area contributed by atoms with Gasteiger partial charge in [0.25, 0.3) is 5.56 Å². The van der Waals surface area contributed by atoms with Crippen molar-refractivity contribution in [2.24, 2.45) is 12.2 Å². The fourth-order valence-electron chi connectivity index (χ4n) is 4.34. The molecule has 0 bridgehead atoms. The molecule has 0 atom stereocenters. The highest BCUT2D eigenvalue weighted by molar-refractivity contribution is 5.92. The molecule has 1 fully saturated rings. The third kappa shape index (κ3) is 5.66. The molecule has 1 aliphatic rings. The number of hydrogen-bond donors (Lipinski definition) is 0. The van der Waals surface area contributed by atoms with E-state index >= 15 is 0 Å². The van der Waals surface area contributed by atoms with Crippen LogP contribution in [0.4, 0.5) is 10.1 Å². The second kappa shape index (κ2) is 11.9. The number of nitrogens with zero attached hydrogens (tertiary/aromatic N) is 7. The smallest absolute Gasteiger partial charge is 0.270 e. The molecule has 186 valence electrons. The minimum atomic E-state index is -0.484. The highest BCUT2D eigenvalue weighted by Crippen LogP contribution is 2.32. The molecule has 4 rings (SSSR count). The van der Waals surface area contributed by atoms with Gasteiger partial charge in [-0.05, 0) is 44.0 Å². The summed E-state index contributed by atoms with van der Waals surface area (Å²) in [6, 6.07) is 10.6. The monoisotopic (exact) mass is 489 g/mol. The van der Waals surface area contributed by atoms with Gasteiger partial charge < -0.3 is 14.3 Å². The number of halogens is 1. The van der Waals surface area contributed by atoms with E-state index in [4.69, 9.17) is 5.26 Å². The Balaban J connectivity index is 0.000000253. The SMILES string of the molecule is CN(c1c(C#N)c(=O)n(C)c2ccc(C#N)nc12)C1CCCCC1.CO/N=C\c1ccc(F)nc1C. The number of aryl methyl sites for hydroxylation is 2. The molecule has 1 saturated carbocycles. The van der Waals surface area contributed by atoms with Gasteiger partial charge in [-0.3, -0.25) is 4.79 Å². The minimum absolute atomic E-state index is 0.0978. The fourth-order valence-corrected chi connectivity index (χ4v) is 4.34. The lowest BCUT2D eigenvalue weighted by Crippen LogP contribution is -2.36. The Morgan fingerprint density at radius 2 is 1.89 bits per heavy atom. The number of hydrogen-bond acceptors (Lipinski definition) is 8. The van der Waals surface area contributed by atoms with Gasteiger partial charge in [0.05, 0.1) is 17.4 Å². The van der Waals surface area contributed by atoms with Gasteiger partial charge in [0.15, 0.2) is 0 Å². The second-order valence-corrected chi connectivity index (χ2v) is 8.50. The maximum absolute atomic E-state index is 12.6. The van der Waals surface area contributed by atoms with E-state index < -0.39 is 5.95 Å². The normalized spacial score (nSPS) is 13.5. The molecule has 3 aromatic heterocycles. The summed E-state index contributed by atoms with van der Waals surface area (Å²) < 4.78 is 13.9. The van der Waals surface area contributed by atoms with Crippen molar-refractivity contribution in [2.75, 3.05) is 19.1 Å². The number of fused-ring (bicyclic) bond motifs is 1. The first-order valence-corrected chi connectivity index (χ1v) is 11.6. The topological polar surface area (TPSA) is 120 Å². The maximum atomic E-state index is 12.6. The number of pyridine rings is 3. The number of oxime groups is 1. The molecule has 0 spiro atoms.